The van der Waals surface area contributed by atoms with E-state index in [2.05, 4.69) is 15.6 Å². The van der Waals surface area contributed by atoms with Crippen molar-refractivity contribution in [2.75, 3.05) is 6.54 Å². The van der Waals surface area contributed by atoms with Crippen LogP contribution in [0.15, 0.2) is 18.2 Å². The van der Waals surface area contributed by atoms with Gasteiger partial charge in [-0.2, -0.15) is 0 Å². The van der Waals surface area contributed by atoms with Gasteiger partial charge in [0.15, 0.2) is 0 Å². The molecule has 0 unspecified atom stereocenters. The van der Waals surface area contributed by atoms with E-state index in [-0.39, 0.29) is 32.0 Å². The van der Waals surface area contributed by atoms with Gasteiger partial charge in [0.25, 0.3) is 0 Å². The predicted octanol–water partition coefficient (Wildman–Crippen LogP) is 1.10. The molecule has 0 bridgehead atoms. The Labute approximate surface area is 130 Å². The summed E-state index contributed by atoms with van der Waals surface area (Å²) in [5.41, 5.74) is 0.661. The predicted molar refractivity (Wildman–Crippen MR) is 80.9 cm³/mol. The highest BCUT2D eigenvalue weighted by atomic mass is 16.6. The average Bonchev–Trinajstić information content (AvgIpc) is 2.43. The summed E-state index contributed by atoms with van der Waals surface area (Å²) in [5, 5.41) is 14.2. The van der Waals surface area contributed by atoms with Crippen molar-refractivity contribution in [3.63, 3.8) is 0 Å². The monoisotopic (exact) mass is 309 g/mol. The first-order valence-corrected chi connectivity index (χ1v) is 7.09. The number of aromatic nitrogens is 1. The molecule has 7 nitrogen and oxygen atoms in total. The summed E-state index contributed by atoms with van der Waals surface area (Å²) in [6.07, 6.45) is -0.392. The number of rotatable bonds is 6. The number of nitrogens with zero attached hydrogens (tertiary/aromatic N) is 1. The maximum Gasteiger partial charge on any atom is 0.407 e. The molecule has 0 aliphatic rings. The number of ether oxygens (including phenoxy) is 1. The molecule has 0 aliphatic heterocycles. The number of hydrogen-bond acceptors (Lipinski definition) is 5. The highest BCUT2D eigenvalue weighted by Crippen LogP contribution is 2.06. The Hall–Kier alpha value is -2.15. The molecule has 0 spiro atoms. The van der Waals surface area contributed by atoms with Crippen LogP contribution < -0.4 is 10.6 Å². The summed E-state index contributed by atoms with van der Waals surface area (Å²) >= 11 is 0. The van der Waals surface area contributed by atoms with Crippen LogP contribution in [0.2, 0.25) is 0 Å². The molecule has 7 heteroatoms. The third-order valence-electron chi connectivity index (χ3n) is 2.51. The molecule has 1 aromatic heterocycles. The van der Waals surface area contributed by atoms with Crippen molar-refractivity contribution in [2.24, 2.45) is 0 Å². The van der Waals surface area contributed by atoms with Crippen LogP contribution in [0.1, 0.15) is 38.6 Å². The first kappa shape index (κ1) is 17.9. The molecular formula is C15H23N3O4. The van der Waals surface area contributed by atoms with Crippen LogP contribution in [-0.4, -0.2) is 34.2 Å². The number of aliphatic hydroxyl groups is 1. The van der Waals surface area contributed by atoms with E-state index in [1.807, 2.05) is 0 Å². The quantitative estimate of drug-likeness (QED) is 0.730. The lowest BCUT2D eigenvalue weighted by molar-refractivity contribution is -0.121. The summed E-state index contributed by atoms with van der Waals surface area (Å²) in [4.78, 5) is 27.2. The van der Waals surface area contributed by atoms with E-state index in [0.29, 0.717) is 11.4 Å². The summed E-state index contributed by atoms with van der Waals surface area (Å²) in [6, 6.07) is 5.23. The number of aliphatic hydroxyl groups excluding tert-OH is 1. The molecule has 0 aromatic carbocycles. The second kappa shape index (κ2) is 8.33. The van der Waals surface area contributed by atoms with E-state index < -0.39 is 11.7 Å². The van der Waals surface area contributed by atoms with Crippen molar-refractivity contribution in [3.8, 4) is 0 Å². The third kappa shape index (κ3) is 7.58. The molecule has 22 heavy (non-hydrogen) atoms. The number of alkyl carbamates (subject to hydrolysis) is 1. The van der Waals surface area contributed by atoms with Gasteiger partial charge in [-0.25, -0.2) is 4.79 Å². The molecule has 0 atom stereocenters. The second-order valence-corrected chi connectivity index (χ2v) is 5.73. The van der Waals surface area contributed by atoms with Crippen LogP contribution in [-0.2, 0) is 22.7 Å². The fraction of sp³-hybridized carbons (Fsp3) is 0.533. The Morgan fingerprint density at radius 2 is 1.91 bits per heavy atom. The molecule has 0 saturated heterocycles. The fourth-order valence-corrected chi connectivity index (χ4v) is 1.59. The lowest BCUT2D eigenvalue weighted by Crippen LogP contribution is -2.35. The Bertz CT molecular complexity index is 512. The number of carbonyl (C=O) groups excluding carboxylic acids is 2. The lowest BCUT2D eigenvalue weighted by atomic mass is 10.2. The first-order chi connectivity index (χ1) is 10.3. The second-order valence-electron chi connectivity index (χ2n) is 5.73. The van der Waals surface area contributed by atoms with Gasteiger partial charge in [-0.15, -0.1) is 0 Å². The lowest BCUT2D eigenvalue weighted by Gasteiger charge is -2.19. The number of pyridine rings is 1. The van der Waals surface area contributed by atoms with Gasteiger partial charge in [-0.1, -0.05) is 6.07 Å². The minimum absolute atomic E-state index is 0.137. The van der Waals surface area contributed by atoms with Gasteiger partial charge < -0.3 is 20.5 Å². The normalized spacial score (nSPS) is 10.9. The molecule has 0 radical (unpaired) electrons. The molecule has 0 fully saturated rings. The zero-order chi connectivity index (χ0) is 16.6. The maximum atomic E-state index is 11.7. The van der Waals surface area contributed by atoms with E-state index in [1.165, 1.54) is 0 Å². The van der Waals surface area contributed by atoms with Crippen LogP contribution in [0.5, 0.6) is 0 Å². The van der Waals surface area contributed by atoms with E-state index >= 15 is 0 Å². The van der Waals surface area contributed by atoms with Crippen molar-refractivity contribution in [1.29, 1.82) is 0 Å². The molecule has 1 rings (SSSR count). The zero-order valence-electron chi connectivity index (χ0n) is 13.2. The molecular weight excluding hydrogens is 286 g/mol. The van der Waals surface area contributed by atoms with Crippen molar-refractivity contribution in [3.05, 3.63) is 29.6 Å². The molecule has 0 aliphatic carbocycles. The Morgan fingerprint density at radius 3 is 2.55 bits per heavy atom. The van der Waals surface area contributed by atoms with E-state index in [0.717, 1.165) is 0 Å². The standard InChI is InChI=1S/C15H23N3O4/c1-15(2,3)22-14(21)16-8-7-13(20)17-9-11-5-4-6-12(10-19)18-11/h4-6,19H,7-10H2,1-3H3,(H,16,21)(H,17,20). The van der Waals surface area contributed by atoms with Crippen LogP contribution in [0.3, 0.4) is 0 Å². The molecule has 1 heterocycles. The van der Waals surface area contributed by atoms with Crippen molar-refractivity contribution < 1.29 is 19.4 Å². The van der Waals surface area contributed by atoms with Crippen molar-refractivity contribution in [2.45, 2.75) is 45.9 Å². The van der Waals surface area contributed by atoms with Gasteiger partial charge in [0.05, 0.1) is 24.5 Å². The van der Waals surface area contributed by atoms with Crippen molar-refractivity contribution in [1.82, 2.24) is 15.6 Å². The van der Waals surface area contributed by atoms with E-state index in [1.54, 1.807) is 39.0 Å². The highest BCUT2D eigenvalue weighted by Gasteiger charge is 2.15. The van der Waals surface area contributed by atoms with Crippen LogP contribution in [0.4, 0.5) is 4.79 Å². The summed E-state index contributed by atoms with van der Waals surface area (Å²) in [5.74, 6) is -0.202. The van der Waals surface area contributed by atoms with Crippen molar-refractivity contribution >= 4 is 12.0 Å². The Morgan fingerprint density at radius 1 is 1.23 bits per heavy atom. The van der Waals surface area contributed by atoms with Gasteiger partial charge in [-0.3, -0.25) is 9.78 Å². The first-order valence-electron chi connectivity index (χ1n) is 7.09. The minimum Gasteiger partial charge on any atom is -0.444 e. The van der Waals surface area contributed by atoms with E-state index in [4.69, 9.17) is 9.84 Å². The molecule has 2 amide bonds. The van der Waals surface area contributed by atoms with Crippen LogP contribution in [0, 0.1) is 0 Å². The average molecular weight is 309 g/mol. The van der Waals surface area contributed by atoms with Gasteiger partial charge in [0, 0.05) is 13.0 Å². The fourth-order valence-electron chi connectivity index (χ4n) is 1.59. The largest absolute Gasteiger partial charge is 0.444 e. The number of carbonyl (C=O) groups is 2. The number of hydrogen-bond donors (Lipinski definition) is 3. The minimum atomic E-state index is -0.560. The Kier molecular flexibility index (Phi) is 6.78. The maximum absolute atomic E-state index is 11.7. The summed E-state index contributed by atoms with van der Waals surface area (Å²) in [7, 11) is 0. The van der Waals surface area contributed by atoms with Gasteiger partial charge >= 0.3 is 6.09 Å². The van der Waals surface area contributed by atoms with Gasteiger partial charge in [0.1, 0.15) is 5.60 Å². The molecule has 3 N–H and O–H groups in total. The van der Waals surface area contributed by atoms with E-state index in [9.17, 15) is 9.59 Å². The van der Waals surface area contributed by atoms with Gasteiger partial charge in [0.2, 0.25) is 5.91 Å². The molecule has 1 aromatic rings. The van der Waals surface area contributed by atoms with Crippen LogP contribution in [0.25, 0.3) is 0 Å². The highest BCUT2D eigenvalue weighted by molar-refractivity contribution is 5.76. The molecule has 0 saturated carbocycles. The zero-order valence-corrected chi connectivity index (χ0v) is 13.2. The smallest absolute Gasteiger partial charge is 0.407 e. The van der Waals surface area contributed by atoms with Gasteiger partial charge in [-0.05, 0) is 32.9 Å². The number of nitrogens with one attached hydrogen (secondary N) is 2. The Balaban J connectivity index is 2.25. The molecule has 122 valence electrons. The van der Waals surface area contributed by atoms with Crippen LogP contribution >= 0.6 is 0 Å². The third-order valence-corrected chi connectivity index (χ3v) is 2.51. The summed E-state index contributed by atoms with van der Waals surface area (Å²) < 4.78 is 5.06. The SMILES string of the molecule is CC(C)(C)OC(=O)NCCC(=O)NCc1cccc(CO)n1. The summed E-state index contributed by atoms with van der Waals surface area (Å²) in [6.45, 7) is 5.65. The topological polar surface area (TPSA) is 101 Å². The number of amides is 2.